The van der Waals surface area contributed by atoms with Gasteiger partial charge in [-0.25, -0.2) is 0 Å². The Balaban J connectivity index is 1.34. The maximum atomic E-state index is 12.1. The molecule has 26 heavy (non-hydrogen) atoms. The van der Waals surface area contributed by atoms with E-state index in [1.807, 2.05) is 12.1 Å². The molecule has 2 aliphatic heterocycles. The maximum Gasteiger partial charge on any atom is 0.279 e. The molecule has 3 N–H and O–H groups in total. The first kappa shape index (κ1) is 17.5. The fraction of sp³-hybridized carbons (Fsp3) is 0.368. The lowest BCUT2D eigenvalue weighted by Crippen LogP contribution is -2.60. The van der Waals surface area contributed by atoms with Gasteiger partial charge < -0.3 is 10.6 Å². The molecule has 0 radical (unpaired) electrons. The van der Waals surface area contributed by atoms with E-state index >= 15 is 0 Å². The summed E-state index contributed by atoms with van der Waals surface area (Å²) in [6, 6.07) is 16.6. The van der Waals surface area contributed by atoms with Crippen LogP contribution in [0.4, 0.5) is 5.69 Å². The smallest absolute Gasteiger partial charge is 0.279 e. The van der Waals surface area contributed by atoms with Crippen molar-refractivity contribution in [2.24, 2.45) is 5.73 Å². The number of para-hydroxylation sites is 1. The summed E-state index contributed by atoms with van der Waals surface area (Å²) in [5.74, 6) is 0. The molecule has 2 aromatic carbocycles. The van der Waals surface area contributed by atoms with Crippen molar-refractivity contribution in [2.45, 2.75) is 25.6 Å². The van der Waals surface area contributed by atoms with E-state index in [0.29, 0.717) is 19.6 Å². The predicted molar refractivity (Wildman–Crippen MR) is 103 cm³/mol. The third kappa shape index (κ3) is 3.61. The molecule has 2 aromatic rings. The average Bonchev–Trinajstić information content (AvgIpc) is 3.02. The van der Waals surface area contributed by atoms with Crippen molar-refractivity contribution in [1.82, 2.24) is 9.03 Å². The highest BCUT2D eigenvalue weighted by molar-refractivity contribution is 7.87. The molecule has 6 nitrogen and oxygen atoms in total. The molecule has 4 rings (SSSR count). The second kappa shape index (κ2) is 7.00. The van der Waals surface area contributed by atoms with Crippen molar-refractivity contribution >= 4 is 15.9 Å². The van der Waals surface area contributed by atoms with Gasteiger partial charge in [0.15, 0.2) is 0 Å². The van der Waals surface area contributed by atoms with Gasteiger partial charge in [0.1, 0.15) is 0 Å². The van der Waals surface area contributed by atoms with Gasteiger partial charge >= 0.3 is 0 Å². The number of anilines is 1. The number of nitrogens with two attached hydrogens (primary N) is 1. The first-order valence-electron chi connectivity index (χ1n) is 8.92. The summed E-state index contributed by atoms with van der Waals surface area (Å²) >= 11 is 0. The Morgan fingerprint density at radius 1 is 1.04 bits per heavy atom. The second-order valence-electron chi connectivity index (χ2n) is 7.02. The van der Waals surface area contributed by atoms with Crippen LogP contribution in [0.5, 0.6) is 0 Å². The van der Waals surface area contributed by atoms with Crippen LogP contribution < -0.4 is 15.4 Å². The first-order valence-corrected chi connectivity index (χ1v) is 10.4. The molecule has 0 atom stereocenters. The summed E-state index contributed by atoms with van der Waals surface area (Å²) in [6.07, 6.45) is 1.09. The molecule has 0 aliphatic carbocycles. The number of nitrogens with zero attached hydrogens (tertiary/aromatic N) is 2. The minimum absolute atomic E-state index is 0.0402. The van der Waals surface area contributed by atoms with Gasteiger partial charge in [0.25, 0.3) is 10.2 Å². The minimum atomic E-state index is -3.42. The van der Waals surface area contributed by atoms with Crippen LogP contribution in [0.25, 0.3) is 0 Å². The Labute approximate surface area is 154 Å². The number of rotatable bonds is 6. The third-order valence-corrected chi connectivity index (χ3v) is 6.54. The van der Waals surface area contributed by atoms with Gasteiger partial charge in [0, 0.05) is 44.5 Å². The summed E-state index contributed by atoms with van der Waals surface area (Å²) in [7, 11) is -3.42. The van der Waals surface area contributed by atoms with Crippen LogP contribution in [0.3, 0.4) is 0 Å². The molecule has 0 aromatic heterocycles. The van der Waals surface area contributed by atoms with E-state index < -0.39 is 10.2 Å². The quantitative estimate of drug-likeness (QED) is 0.799. The van der Waals surface area contributed by atoms with Crippen molar-refractivity contribution in [3.8, 4) is 0 Å². The normalized spacial score (nSPS) is 18.0. The average molecular weight is 372 g/mol. The van der Waals surface area contributed by atoms with Crippen LogP contribution >= 0.6 is 0 Å². The zero-order valence-electron chi connectivity index (χ0n) is 14.6. The molecule has 0 amide bonds. The third-order valence-electron chi connectivity index (χ3n) is 5.05. The van der Waals surface area contributed by atoms with E-state index in [1.165, 1.54) is 21.1 Å². The maximum absolute atomic E-state index is 12.1. The highest BCUT2D eigenvalue weighted by Gasteiger charge is 2.33. The Bertz CT molecular complexity index is 877. The SMILES string of the molecule is NC1CN(S(=O)(=O)NCc2ccc(CN3CCc4ccccc43)cc2)C1. The predicted octanol–water partition coefficient (Wildman–Crippen LogP) is 1.23. The highest BCUT2D eigenvalue weighted by atomic mass is 32.2. The summed E-state index contributed by atoms with van der Waals surface area (Å²) in [5.41, 5.74) is 10.5. The molecule has 0 unspecified atom stereocenters. The summed E-state index contributed by atoms with van der Waals surface area (Å²) in [5, 5.41) is 0. The molecule has 0 saturated carbocycles. The van der Waals surface area contributed by atoms with Gasteiger partial charge in [0.2, 0.25) is 0 Å². The molecular formula is C19H24N4O2S. The van der Waals surface area contributed by atoms with Gasteiger partial charge in [-0.15, -0.1) is 0 Å². The van der Waals surface area contributed by atoms with Crippen LogP contribution in [0.15, 0.2) is 48.5 Å². The molecule has 7 heteroatoms. The van der Waals surface area contributed by atoms with Crippen LogP contribution in [-0.4, -0.2) is 38.4 Å². The Morgan fingerprint density at radius 3 is 2.46 bits per heavy atom. The zero-order chi connectivity index (χ0) is 18.1. The topological polar surface area (TPSA) is 78.7 Å². The van der Waals surface area contributed by atoms with Crippen LogP contribution in [-0.2, 0) is 29.7 Å². The van der Waals surface area contributed by atoms with Crippen LogP contribution in [0.1, 0.15) is 16.7 Å². The van der Waals surface area contributed by atoms with Crippen molar-refractivity contribution in [3.05, 3.63) is 65.2 Å². The van der Waals surface area contributed by atoms with Crippen molar-refractivity contribution < 1.29 is 8.42 Å². The number of benzene rings is 2. The number of nitrogens with one attached hydrogen (secondary N) is 1. The first-order chi connectivity index (χ1) is 12.5. The van der Waals surface area contributed by atoms with E-state index in [-0.39, 0.29) is 6.04 Å². The standard InChI is InChI=1S/C19H24N4O2S/c20-18-13-23(14-18)26(24,25)21-11-15-5-7-16(8-6-15)12-22-10-9-17-3-1-2-4-19(17)22/h1-8,18,21H,9-14,20H2. The number of hydrogen-bond donors (Lipinski definition) is 2. The lowest BCUT2D eigenvalue weighted by Gasteiger charge is -2.35. The lowest BCUT2D eigenvalue weighted by molar-refractivity contribution is 0.262. The van der Waals surface area contributed by atoms with Gasteiger partial charge in [0.05, 0.1) is 0 Å². The molecule has 2 heterocycles. The zero-order valence-corrected chi connectivity index (χ0v) is 15.5. The van der Waals surface area contributed by atoms with Crippen molar-refractivity contribution in [2.75, 3.05) is 24.5 Å². The van der Waals surface area contributed by atoms with Gasteiger partial charge in [-0.2, -0.15) is 17.4 Å². The van der Waals surface area contributed by atoms with Crippen LogP contribution in [0, 0.1) is 0 Å². The van der Waals surface area contributed by atoms with Crippen molar-refractivity contribution in [1.29, 1.82) is 0 Å². The van der Waals surface area contributed by atoms with Gasteiger partial charge in [-0.1, -0.05) is 42.5 Å². The lowest BCUT2D eigenvalue weighted by atomic mass is 10.1. The monoisotopic (exact) mass is 372 g/mol. The Morgan fingerprint density at radius 2 is 1.73 bits per heavy atom. The van der Waals surface area contributed by atoms with E-state index in [9.17, 15) is 8.42 Å². The highest BCUT2D eigenvalue weighted by Crippen LogP contribution is 2.28. The fourth-order valence-corrected chi connectivity index (χ4v) is 4.79. The fourth-order valence-electron chi connectivity index (χ4n) is 3.49. The number of fused-ring (bicyclic) bond motifs is 1. The molecule has 138 valence electrons. The van der Waals surface area contributed by atoms with Gasteiger partial charge in [-0.3, -0.25) is 0 Å². The second-order valence-corrected chi connectivity index (χ2v) is 8.78. The molecule has 1 fully saturated rings. The van der Waals surface area contributed by atoms with E-state index in [0.717, 1.165) is 25.1 Å². The van der Waals surface area contributed by atoms with Gasteiger partial charge in [-0.05, 0) is 29.2 Å². The van der Waals surface area contributed by atoms with E-state index in [2.05, 4.69) is 46.0 Å². The molecule has 1 saturated heterocycles. The largest absolute Gasteiger partial charge is 0.367 e. The van der Waals surface area contributed by atoms with Crippen molar-refractivity contribution in [3.63, 3.8) is 0 Å². The summed E-state index contributed by atoms with van der Waals surface area (Å²) < 4.78 is 28.2. The molecule has 2 aliphatic rings. The number of hydrogen-bond acceptors (Lipinski definition) is 4. The molecular weight excluding hydrogens is 348 g/mol. The van der Waals surface area contributed by atoms with Crippen LogP contribution in [0.2, 0.25) is 0 Å². The Hall–Kier alpha value is -1.93. The Kier molecular flexibility index (Phi) is 4.71. The molecule has 0 bridgehead atoms. The molecule has 0 spiro atoms. The minimum Gasteiger partial charge on any atom is -0.367 e. The van der Waals surface area contributed by atoms with E-state index in [4.69, 9.17) is 5.73 Å². The summed E-state index contributed by atoms with van der Waals surface area (Å²) in [4.78, 5) is 2.39. The summed E-state index contributed by atoms with van der Waals surface area (Å²) in [6.45, 7) is 2.99. The van der Waals surface area contributed by atoms with E-state index in [1.54, 1.807) is 0 Å².